The standard InChI is InChI=1S/C20H24N4O3/c1-15-10-11-17(22-20(27)21-16-8-4-2-5-9-16)19(26)24(15)14-18(25)23-12-6-3-7-13-23/h2,4-5,8-11H,3,6-7,12-14H2,1H3,(H2,21,22,27). The lowest BCUT2D eigenvalue weighted by molar-refractivity contribution is -0.132. The fourth-order valence-electron chi connectivity index (χ4n) is 3.15. The Balaban J connectivity index is 1.72. The third-order valence-electron chi connectivity index (χ3n) is 4.67. The first-order chi connectivity index (χ1) is 13.0. The average molecular weight is 368 g/mol. The SMILES string of the molecule is Cc1ccc(NC(=O)Nc2ccccc2)c(=O)n1CC(=O)N1CCCCC1. The molecule has 7 nitrogen and oxygen atoms in total. The first-order valence-corrected chi connectivity index (χ1v) is 9.16. The van der Waals surface area contributed by atoms with Crippen LogP contribution in [0.15, 0.2) is 47.3 Å². The number of aromatic nitrogens is 1. The molecule has 7 heteroatoms. The molecule has 0 spiro atoms. The minimum Gasteiger partial charge on any atom is -0.341 e. The molecule has 3 rings (SSSR count). The van der Waals surface area contributed by atoms with Gasteiger partial charge < -0.3 is 20.1 Å². The molecule has 1 aliphatic rings. The van der Waals surface area contributed by atoms with E-state index in [4.69, 9.17) is 0 Å². The number of anilines is 2. The minimum absolute atomic E-state index is 0.0134. The van der Waals surface area contributed by atoms with Crippen molar-refractivity contribution in [3.05, 3.63) is 58.5 Å². The van der Waals surface area contributed by atoms with Crippen molar-refractivity contribution in [2.45, 2.75) is 32.7 Å². The van der Waals surface area contributed by atoms with Crippen LogP contribution in [0, 0.1) is 6.92 Å². The Hall–Kier alpha value is -3.09. The van der Waals surface area contributed by atoms with Crippen molar-refractivity contribution in [1.82, 2.24) is 9.47 Å². The van der Waals surface area contributed by atoms with Crippen LogP contribution >= 0.6 is 0 Å². The van der Waals surface area contributed by atoms with Gasteiger partial charge >= 0.3 is 6.03 Å². The molecule has 27 heavy (non-hydrogen) atoms. The first kappa shape index (κ1) is 18.7. The summed E-state index contributed by atoms with van der Waals surface area (Å²) in [5.41, 5.74) is 1.06. The predicted molar refractivity (Wildman–Crippen MR) is 105 cm³/mol. The zero-order valence-electron chi connectivity index (χ0n) is 15.4. The van der Waals surface area contributed by atoms with E-state index in [0.29, 0.717) is 11.4 Å². The maximum atomic E-state index is 12.7. The molecule has 0 saturated carbocycles. The van der Waals surface area contributed by atoms with Crippen molar-refractivity contribution in [3.8, 4) is 0 Å². The molecule has 2 N–H and O–H groups in total. The number of hydrogen-bond acceptors (Lipinski definition) is 3. The zero-order chi connectivity index (χ0) is 19.2. The van der Waals surface area contributed by atoms with Crippen LogP contribution in [0.5, 0.6) is 0 Å². The third-order valence-corrected chi connectivity index (χ3v) is 4.67. The maximum absolute atomic E-state index is 12.7. The second-order valence-corrected chi connectivity index (χ2v) is 6.67. The number of hydrogen-bond donors (Lipinski definition) is 2. The van der Waals surface area contributed by atoms with E-state index in [1.54, 1.807) is 48.2 Å². The number of benzene rings is 1. The molecule has 0 radical (unpaired) electrons. The Kier molecular flexibility index (Phi) is 5.90. The van der Waals surface area contributed by atoms with Crippen LogP contribution in [0.2, 0.25) is 0 Å². The second-order valence-electron chi connectivity index (χ2n) is 6.67. The topological polar surface area (TPSA) is 83.4 Å². The molecule has 1 aliphatic heterocycles. The van der Waals surface area contributed by atoms with Gasteiger partial charge in [0, 0.05) is 24.5 Å². The highest BCUT2D eigenvalue weighted by molar-refractivity contribution is 5.99. The molecule has 0 atom stereocenters. The summed E-state index contributed by atoms with van der Waals surface area (Å²) in [7, 11) is 0. The summed E-state index contributed by atoms with van der Waals surface area (Å²) in [5.74, 6) is -0.0641. The van der Waals surface area contributed by atoms with Gasteiger partial charge in [0.15, 0.2) is 0 Å². The number of nitrogens with one attached hydrogen (secondary N) is 2. The number of nitrogens with zero attached hydrogens (tertiary/aromatic N) is 2. The third kappa shape index (κ3) is 4.75. The molecular formula is C20H24N4O3. The van der Waals surface area contributed by atoms with Crippen molar-refractivity contribution in [2.75, 3.05) is 23.7 Å². The van der Waals surface area contributed by atoms with Gasteiger partial charge in [-0.25, -0.2) is 4.79 Å². The summed E-state index contributed by atoms with van der Waals surface area (Å²) in [6, 6.07) is 11.8. The smallest absolute Gasteiger partial charge is 0.323 e. The van der Waals surface area contributed by atoms with Gasteiger partial charge in [0.1, 0.15) is 12.2 Å². The molecule has 3 amide bonds. The van der Waals surface area contributed by atoms with E-state index in [1.807, 2.05) is 6.07 Å². The monoisotopic (exact) mass is 368 g/mol. The molecule has 1 aromatic carbocycles. The van der Waals surface area contributed by atoms with Gasteiger partial charge in [0.05, 0.1) is 0 Å². The van der Waals surface area contributed by atoms with Crippen LogP contribution < -0.4 is 16.2 Å². The maximum Gasteiger partial charge on any atom is 0.323 e. The Morgan fingerprint density at radius 1 is 0.963 bits per heavy atom. The van der Waals surface area contributed by atoms with Crippen LogP contribution in [0.1, 0.15) is 25.0 Å². The molecule has 0 bridgehead atoms. The second kappa shape index (κ2) is 8.53. The molecule has 142 valence electrons. The van der Waals surface area contributed by atoms with E-state index >= 15 is 0 Å². The summed E-state index contributed by atoms with van der Waals surface area (Å²) in [5, 5.41) is 5.24. The fraction of sp³-hybridized carbons (Fsp3) is 0.350. The van der Waals surface area contributed by atoms with Gasteiger partial charge in [-0.2, -0.15) is 0 Å². The average Bonchev–Trinajstić information content (AvgIpc) is 2.68. The minimum atomic E-state index is -0.504. The lowest BCUT2D eigenvalue weighted by Crippen LogP contribution is -2.40. The van der Waals surface area contributed by atoms with Crippen molar-refractivity contribution in [3.63, 3.8) is 0 Å². The zero-order valence-corrected chi connectivity index (χ0v) is 15.4. The first-order valence-electron chi connectivity index (χ1n) is 9.16. The number of pyridine rings is 1. The number of urea groups is 1. The predicted octanol–water partition coefficient (Wildman–Crippen LogP) is 2.81. The fourth-order valence-corrected chi connectivity index (χ4v) is 3.15. The highest BCUT2D eigenvalue weighted by atomic mass is 16.2. The molecule has 1 saturated heterocycles. The molecule has 1 aromatic heterocycles. The number of likely N-dealkylation sites (tertiary alicyclic amines) is 1. The van der Waals surface area contributed by atoms with Crippen LogP contribution in [0.4, 0.5) is 16.2 Å². The van der Waals surface area contributed by atoms with Gasteiger partial charge in [-0.15, -0.1) is 0 Å². The van der Waals surface area contributed by atoms with E-state index in [9.17, 15) is 14.4 Å². The molecule has 0 aliphatic carbocycles. The molecular weight excluding hydrogens is 344 g/mol. The van der Waals surface area contributed by atoms with Crippen molar-refractivity contribution in [1.29, 1.82) is 0 Å². The number of carbonyl (C=O) groups is 2. The summed E-state index contributed by atoms with van der Waals surface area (Å²) < 4.78 is 1.41. The quantitative estimate of drug-likeness (QED) is 0.870. The largest absolute Gasteiger partial charge is 0.341 e. The lowest BCUT2D eigenvalue weighted by Gasteiger charge is -2.27. The van der Waals surface area contributed by atoms with E-state index < -0.39 is 6.03 Å². The number of rotatable bonds is 4. The Labute approximate surface area is 158 Å². The van der Waals surface area contributed by atoms with Gasteiger partial charge in [-0.05, 0) is 50.5 Å². The van der Waals surface area contributed by atoms with E-state index in [-0.39, 0.29) is 23.7 Å². The highest BCUT2D eigenvalue weighted by Crippen LogP contribution is 2.11. The van der Waals surface area contributed by atoms with Gasteiger partial charge in [0.2, 0.25) is 5.91 Å². The van der Waals surface area contributed by atoms with Crippen LogP contribution in [-0.4, -0.2) is 34.5 Å². The number of para-hydroxylation sites is 1. The van der Waals surface area contributed by atoms with Crippen LogP contribution in [0.25, 0.3) is 0 Å². The highest BCUT2D eigenvalue weighted by Gasteiger charge is 2.19. The summed E-state index contributed by atoms with van der Waals surface area (Å²) in [6.45, 7) is 3.24. The Morgan fingerprint density at radius 2 is 1.67 bits per heavy atom. The van der Waals surface area contributed by atoms with Crippen LogP contribution in [0.3, 0.4) is 0 Å². The number of carbonyl (C=O) groups excluding carboxylic acids is 2. The summed E-state index contributed by atoms with van der Waals surface area (Å²) >= 11 is 0. The molecule has 1 fully saturated rings. The normalized spacial score (nSPS) is 13.9. The molecule has 2 aromatic rings. The van der Waals surface area contributed by atoms with Crippen molar-refractivity contribution < 1.29 is 9.59 Å². The number of aryl methyl sites for hydroxylation is 1. The van der Waals surface area contributed by atoms with Gasteiger partial charge in [-0.1, -0.05) is 18.2 Å². The van der Waals surface area contributed by atoms with E-state index in [1.165, 1.54) is 4.57 Å². The van der Waals surface area contributed by atoms with Crippen molar-refractivity contribution in [2.24, 2.45) is 0 Å². The van der Waals surface area contributed by atoms with Crippen LogP contribution in [-0.2, 0) is 11.3 Å². The lowest BCUT2D eigenvalue weighted by atomic mass is 10.1. The molecule has 2 heterocycles. The Morgan fingerprint density at radius 3 is 2.37 bits per heavy atom. The summed E-state index contributed by atoms with van der Waals surface area (Å²) in [4.78, 5) is 39.2. The summed E-state index contributed by atoms with van der Waals surface area (Å²) in [6.07, 6.45) is 3.14. The molecule has 0 unspecified atom stereocenters. The van der Waals surface area contributed by atoms with E-state index in [2.05, 4.69) is 10.6 Å². The van der Waals surface area contributed by atoms with Gasteiger partial charge in [0.25, 0.3) is 5.56 Å². The van der Waals surface area contributed by atoms with Crippen molar-refractivity contribution >= 4 is 23.3 Å². The van der Waals surface area contributed by atoms with E-state index in [0.717, 1.165) is 32.4 Å². The number of piperidine rings is 1. The van der Waals surface area contributed by atoms with Gasteiger partial charge in [-0.3, -0.25) is 9.59 Å². The Bertz CT molecular complexity index is 871. The number of amides is 3.